The number of hydrogen-bond acceptors (Lipinski definition) is 4. The number of aliphatic carboxylic acids is 1. The number of aromatic nitrogens is 2. The van der Waals surface area contributed by atoms with Crippen molar-refractivity contribution in [3.63, 3.8) is 0 Å². The van der Waals surface area contributed by atoms with Gasteiger partial charge in [0.25, 0.3) is 5.91 Å². The second-order valence-corrected chi connectivity index (χ2v) is 6.64. The minimum Gasteiger partial charge on any atom is -0.481 e. The van der Waals surface area contributed by atoms with E-state index in [1.54, 1.807) is 13.1 Å². The van der Waals surface area contributed by atoms with Gasteiger partial charge in [0.15, 0.2) is 0 Å². The van der Waals surface area contributed by atoms with Crippen LogP contribution in [-0.2, 0) is 18.3 Å². The molecular formula is C18H23N3O4. The molecule has 1 amide bonds. The summed E-state index contributed by atoms with van der Waals surface area (Å²) < 4.78 is 7.13. The van der Waals surface area contributed by atoms with E-state index in [2.05, 4.69) is 10.4 Å². The van der Waals surface area contributed by atoms with Crippen LogP contribution in [0.3, 0.4) is 0 Å². The lowest BCUT2D eigenvalue weighted by atomic mass is 9.82. The van der Waals surface area contributed by atoms with Gasteiger partial charge in [-0.15, -0.1) is 0 Å². The molecule has 2 N–H and O–H groups in total. The van der Waals surface area contributed by atoms with Crippen LogP contribution in [-0.4, -0.2) is 32.8 Å². The Kier molecular flexibility index (Phi) is 4.92. The molecule has 2 heterocycles. The highest BCUT2D eigenvalue weighted by Crippen LogP contribution is 2.33. The van der Waals surface area contributed by atoms with Crippen molar-refractivity contribution in [3.8, 4) is 0 Å². The van der Waals surface area contributed by atoms with Crippen molar-refractivity contribution in [1.82, 2.24) is 15.1 Å². The number of nitrogens with zero attached hydrogens (tertiary/aromatic N) is 2. The summed E-state index contributed by atoms with van der Waals surface area (Å²) in [7, 11) is 1.91. The van der Waals surface area contributed by atoms with E-state index < -0.39 is 5.97 Å². The van der Waals surface area contributed by atoms with E-state index in [9.17, 15) is 9.59 Å². The fourth-order valence-electron chi connectivity index (χ4n) is 3.72. The van der Waals surface area contributed by atoms with Gasteiger partial charge in [-0.3, -0.25) is 14.3 Å². The van der Waals surface area contributed by atoms with Crippen molar-refractivity contribution in [3.05, 3.63) is 41.1 Å². The fourth-order valence-corrected chi connectivity index (χ4v) is 3.72. The average Bonchev–Trinajstić information content (AvgIpc) is 3.13. The summed E-state index contributed by atoms with van der Waals surface area (Å²) in [5.41, 5.74) is 2.11. The van der Waals surface area contributed by atoms with E-state index in [1.807, 2.05) is 17.8 Å². The standard InChI is InChI=1S/C18H23N3O4/c1-11-10-25-15(9-16(22)23)17(11)18(24)20-13-6-4-3-5-12(13)14-7-8-19-21(14)2/h7-8,10,12-13H,3-6,9H2,1-2H3,(H,20,24)(H,22,23)/t12-,13+/m0/s1. The van der Waals surface area contributed by atoms with Crippen LogP contribution in [0.2, 0.25) is 0 Å². The molecule has 2 aromatic rings. The number of nitrogens with one attached hydrogen (secondary N) is 1. The summed E-state index contributed by atoms with van der Waals surface area (Å²) >= 11 is 0. The molecule has 0 saturated heterocycles. The predicted octanol–water partition coefficient (Wildman–Crippen LogP) is 2.40. The van der Waals surface area contributed by atoms with Crippen molar-refractivity contribution < 1.29 is 19.1 Å². The summed E-state index contributed by atoms with van der Waals surface area (Å²) in [4.78, 5) is 23.8. The lowest BCUT2D eigenvalue weighted by Crippen LogP contribution is -2.42. The van der Waals surface area contributed by atoms with Gasteiger partial charge in [0.05, 0.1) is 11.8 Å². The minimum absolute atomic E-state index is 0.00336. The zero-order chi connectivity index (χ0) is 18.0. The molecule has 2 aromatic heterocycles. The van der Waals surface area contributed by atoms with Gasteiger partial charge in [-0.2, -0.15) is 5.10 Å². The van der Waals surface area contributed by atoms with Gasteiger partial charge in [-0.05, 0) is 25.8 Å². The van der Waals surface area contributed by atoms with Gasteiger partial charge in [0, 0.05) is 36.5 Å². The van der Waals surface area contributed by atoms with Gasteiger partial charge in [-0.25, -0.2) is 0 Å². The van der Waals surface area contributed by atoms with Crippen molar-refractivity contribution in [2.24, 2.45) is 7.05 Å². The van der Waals surface area contributed by atoms with E-state index in [1.165, 1.54) is 6.26 Å². The van der Waals surface area contributed by atoms with Gasteiger partial charge >= 0.3 is 5.97 Å². The molecule has 1 fully saturated rings. The van der Waals surface area contributed by atoms with E-state index in [0.29, 0.717) is 11.1 Å². The third-order valence-electron chi connectivity index (χ3n) is 4.91. The first kappa shape index (κ1) is 17.3. The minimum atomic E-state index is -1.02. The number of carboxylic acids is 1. The van der Waals surface area contributed by atoms with Crippen LogP contribution in [0, 0.1) is 6.92 Å². The number of carboxylic acid groups (broad SMARTS) is 1. The van der Waals surface area contributed by atoms with Gasteiger partial charge in [0.1, 0.15) is 12.2 Å². The smallest absolute Gasteiger partial charge is 0.311 e. The van der Waals surface area contributed by atoms with Crippen molar-refractivity contribution in [2.45, 2.75) is 51.0 Å². The molecule has 0 aliphatic heterocycles. The lowest BCUT2D eigenvalue weighted by Gasteiger charge is -2.32. The Bertz CT molecular complexity index is 777. The average molecular weight is 345 g/mol. The third-order valence-corrected chi connectivity index (χ3v) is 4.91. The molecule has 2 atom stereocenters. The van der Waals surface area contributed by atoms with Crippen LogP contribution < -0.4 is 5.32 Å². The maximum absolute atomic E-state index is 12.8. The molecule has 1 aliphatic carbocycles. The molecule has 7 nitrogen and oxygen atoms in total. The Morgan fingerprint density at radius 3 is 2.84 bits per heavy atom. The Morgan fingerprint density at radius 2 is 2.16 bits per heavy atom. The van der Waals surface area contributed by atoms with Crippen molar-refractivity contribution >= 4 is 11.9 Å². The molecule has 0 aromatic carbocycles. The number of amides is 1. The first-order valence-electron chi connectivity index (χ1n) is 8.55. The summed E-state index contributed by atoms with van der Waals surface area (Å²) in [6.45, 7) is 1.75. The first-order chi connectivity index (χ1) is 12.0. The van der Waals surface area contributed by atoms with E-state index in [-0.39, 0.29) is 30.0 Å². The molecule has 1 saturated carbocycles. The normalized spacial score (nSPS) is 20.4. The second kappa shape index (κ2) is 7.13. The molecular weight excluding hydrogens is 322 g/mol. The fraction of sp³-hybridized carbons (Fsp3) is 0.500. The predicted molar refractivity (Wildman–Crippen MR) is 90.5 cm³/mol. The monoisotopic (exact) mass is 345 g/mol. The molecule has 25 heavy (non-hydrogen) atoms. The molecule has 3 rings (SSSR count). The Balaban J connectivity index is 1.81. The molecule has 134 valence electrons. The highest BCUT2D eigenvalue weighted by molar-refractivity contribution is 5.97. The number of hydrogen-bond donors (Lipinski definition) is 2. The molecule has 7 heteroatoms. The quantitative estimate of drug-likeness (QED) is 0.867. The highest BCUT2D eigenvalue weighted by atomic mass is 16.4. The van der Waals surface area contributed by atoms with Crippen LogP contribution in [0.1, 0.15) is 59.0 Å². The van der Waals surface area contributed by atoms with E-state index in [0.717, 1.165) is 31.4 Å². The van der Waals surface area contributed by atoms with Crippen LogP contribution in [0.4, 0.5) is 0 Å². The molecule has 0 unspecified atom stereocenters. The number of rotatable bonds is 5. The zero-order valence-corrected chi connectivity index (χ0v) is 14.5. The number of furan rings is 1. The number of carbonyl (C=O) groups excluding carboxylic acids is 1. The van der Waals surface area contributed by atoms with Gasteiger partial charge in [0.2, 0.25) is 0 Å². The summed E-state index contributed by atoms with van der Waals surface area (Å²) in [6, 6.07) is 2.00. The topological polar surface area (TPSA) is 97.4 Å². The zero-order valence-electron chi connectivity index (χ0n) is 14.5. The summed E-state index contributed by atoms with van der Waals surface area (Å²) in [5.74, 6) is -0.869. The van der Waals surface area contributed by atoms with Crippen LogP contribution in [0.25, 0.3) is 0 Å². The van der Waals surface area contributed by atoms with Crippen LogP contribution in [0.5, 0.6) is 0 Å². The number of carbonyl (C=O) groups is 2. The van der Waals surface area contributed by atoms with Gasteiger partial charge in [-0.1, -0.05) is 12.8 Å². The van der Waals surface area contributed by atoms with Gasteiger partial charge < -0.3 is 14.8 Å². The largest absolute Gasteiger partial charge is 0.481 e. The van der Waals surface area contributed by atoms with E-state index >= 15 is 0 Å². The van der Waals surface area contributed by atoms with Crippen LogP contribution in [0.15, 0.2) is 22.9 Å². The highest BCUT2D eigenvalue weighted by Gasteiger charge is 2.31. The molecule has 0 radical (unpaired) electrons. The molecule has 1 aliphatic rings. The Morgan fingerprint density at radius 1 is 1.40 bits per heavy atom. The Labute approximate surface area is 146 Å². The van der Waals surface area contributed by atoms with Crippen molar-refractivity contribution in [1.29, 1.82) is 0 Å². The SMILES string of the molecule is Cc1coc(CC(=O)O)c1C(=O)N[C@@H]1CCCC[C@@H]1c1ccnn1C. The molecule has 0 spiro atoms. The Hall–Kier alpha value is -2.57. The summed E-state index contributed by atoms with van der Waals surface area (Å²) in [5, 5.41) is 16.3. The molecule has 0 bridgehead atoms. The van der Waals surface area contributed by atoms with Crippen molar-refractivity contribution in [2.75, 3.05) is 0 Å². The summed E-state index contributed by atoms with van der Waals surface area (Å²) in [6.07, 6.45) is 6.99. The lowest BCUT2D eigenvalue weighted by molar-refractivity contribution is -0.136. The maximum Gasteiger partial charge on any atom is 0.311 e. The van der Waals surface area contributed by atoms with Crippen LogP contribution >= 0.6 is 0 Å². The van der Waals surface area contributed by atoms with E-state index in [4.69, 9.17) is 9.52 Å². The third kappa shape index (κ3) is 3.60. The second-order valence-electron chi connectivity index (χ2n) is 6.64. The maximum atomic E-state index is 12.8. The number of aryl methyl sites for hydroxylation is 2. The first-order valence-corrected chi connectivity index (χ1v) is 8.55.